The third-order valence-corrected chi connectivity index (χ3v) is 7.28. The van der Waals surface area contributed by atoms with Crippen LogP contribution in [0, 0.1) is 11.3 Å². The van der Waals surface area contributed by atoms with Crippen molar-refractivity contribution in [2.24, 2.45) is 11.3 Å². The number of carbonyl (C=O) groups is 3. The fourth-order valence-corrected chi connectivity index (χ4v) is 6.39. The summed E-state index contributed by atoms with van der Waals surface area (Å²) in [6.07, 6.45) is 3.15. The molecule has 2 aliphatic heterocycles. The molecule has 7 heteroatoms. The Morgan fingerprint density at radius 1 is 1.06 bits per heavy atom. The van der Waals surface area contributed by atoms with Gasteiger partial charge in [0.2, 0.25) is 5.91 Å². The molecule has 4 amide bonds. The van der Waals surface area contributed by atoms with E-state index in [1.54, 1.807) is 0 Å². The van der Waals surface area contributed by atoms with Crippen molar-refractivity contribution in [2.75, 3.05) is 23.3 Å². The van der Waals surface area contributed by atoms with Gasteiger partial charge in [-0.25, -0.2) is 4.79 Å². The number of hydrogen-bond acceptors (Lipinski definition) is 4. The van der Waals surface area contributed by atoms with Crippen molar-refractivity contribution in [1.29, 1.82) is 0 Å². The number of nitrogens with one attached hydrogen (secondary N) is 2. The molecule has 1 saturated carbocycles. The molecule has 1 aliphatic carbocycles. The molecule has 0 aromatic heterocycles. The van der Waals surface area contributed by atoms with Gasteiger partial charge < -0.3 is 15.5 Å². The van der Waals surface area contributed by atoms with Crippen LogP contribution in [0.5, 0.6) is 0 Å². The fraction of sp³-hybridized carbons (Fsp3) is 0.444. The van der Waals surface area contributed by atoms with Gasteiger partial charge >= 0.3 is 6.03 Å². The van der Waals surface area contributed by atoms with Crippen LogP contribution < -0.4 is 15.5 Å². The number of imide groups is 1. The molecule has 2 unspecified atom stereocenters. The van der Waals surface area contributed by atoms with E-state index in [-0.39, 0.29) is 23.8 Å². The van der Waals surface area contributed by atoms with Gasteiger partial charge in [0.05, 0.1) is 11.4 Å². The molecule has 5 rings (SSSR count). The van der Waals surface area contributed by atoms with E-state index in [2.05, 4.69) is 48.4 Å². The maximum atomic E-state index is 13.4. The second-order valence-electron chi connectivity index (χ2n) is 10.9. The number of amides is 4. The van der Waals surface area contributed by atoms with Crippen LogP contribution >= 0.6 is 0 Å². The highest BCUT2D eigenvalue weighted by molar-refractivity contribution is 6.10. The Balaban J connectivity index is 1.32. The molecule has 7 nitrogen and oxygen atoms in total. The molecular weight excluding hydrogens is 428 g/mol. The minimum atomic E-state index is -0.907. The molecule has 0 bridgehead atoms. The SMILES string of the molecule is CC1CC(C)(C)CC2(C1)NC(=O)N(CC(=O)Nc1ccccc1N1CCc3ccccc31)C2=O. The molecule has 0 radical (unpaired) electrons. The first kappa shape index (κ1) is 22.4. The number of hydrogen-bond donors (Lipinski definition) is 2. The minimum absolute atomic E-state index is 0.0518. The second-order valence-corrected chi connectivity index (χ2v) is 10.9. The van der Waals surface area contributed by atoms with Crippen LogP contribution in [0.1, 0.15) is 45.6 Å². The Hall–Kier alpha value is -3.35. The van der Waals surface area contributed by atoms with E-state index in [1.807, 2.05) is 36.4 Å². The van der Waals surface area contributed by atoms with Crippen LogP contribution in [0.4, 0.5) is 21.9 Å². The average Bonchev–Trinajstić information content (AvgIpc) is 3.27. The lowest BCUT2D eigenvalue weighted by Crippen LogP contribution is -2.54. The smallest absolute Gasteiger partial charge is 0.325 e. The Kier molecular flexibility index (Phi) is 5.38. The van der Waals surface area contributed by atoms with Crippen LogP contribution in [0.2, 0.25) is 0 Å². The van der Waals surface area contributed by atoms with Crippen molar-refractivity contribution in [1.82, 2.24) is 10.2 Å². The molecule has 2 N–H and O–H groups in total. The summed E-state index contributed by atoms with van der Waals surface area (Å²) < 4.78 is 0. The van der Waals surface area contributed by atoms with E-state index in [0.29, 0.717) is 24.4 Å². The summed E-state index contributed by atoms with van der Waals surface area (Å²) in [6, 6.07) is 15.4. The summed E-state index contributed by atoms with van der Waals surface area (Å²) in [5, 5.41) is 5.89. The predicted molar refractivity (Wildman–Crippen MR) is 132 cm³/mol. The van der Waals surface area contributed by atoms with Gasteiger partial charge in [0, 0.05) is 12.2 Å². The van der Waals surface area contributed by atoms with Gasteiger partial charge in [0.15, 0.2) is 0 Å². The molecule has 2 aromatic carbocycles. The highest BCUT2D eigenvalue weighted by atomic mass is 16.2. The van der Waals surface area contributed by atoms with E-state index >= 15 is 0 Å². The van der Waals surface area contributed by atoms with Crippen LogP contribution in [0.3, 0.4) is 0 Å². The zero-order chi connectivity index (χ0) is 24.1. The van der Waals surface area contributed by atoms with E-state index < -0.39 is 11.6 Å². The zero-order valence-corrected chi connectivity index (χ0v) is 20.1. The Morgan fingerprint density at radius 3 is 2.53 bits per heavy atom. The maximum Gasteiger partial charge on any atom is 0.325 e. The summed E-state index contributed by atoms with van der Waals surface area (Å²) in [5.74, 6) is -0.352. The number of carbonyl (C=O) groups excluding carboxylic acids is 3. The summed E-state index contributed by atoms with van der Waals surface area (Å²) >= 11 is 0. The van der Waals surface area contributed by atoms with Crippen LogP contribution in [0.25, 0.3) is 0 Å². The van der Waals surface area contributed by atoms with E-state index in [4.69, 9.17) is 0 Å². The third kappa shape index (κ3) is 3.93. The standard InChI is InChI=1S/C27H32N4O3/c1-18-14-26(2,3)17-27(15-18)24(33)31(25(34)29-27)16-23(32)28-20-9-5-7-11-22(20)30-13-12-19-8-4-6-10-21(19)30/h4-11,18H,12-17H2,1-3H3,(H,28,32)(H,29,34). The van der Waals surface area contributed by atoms with Gasteiger partial charge in [0.1, 0.15) is 12.1 Å². The predicted octanol–water partition coefficient (Wildman–Crippen LogP) is 4.46. The van der Waals surface area contributed by atoms with Gasteiger partial charge in [-0.2, -0.15) is 0 Å². The summed E-state index contributed by atoms with van der Waals surface area (Å²) in [7, 11) is 0. The van der Waals surface area contributed by atoms with Crippen LogP contribution in [-0.4, -0.2) is 41.4 Å². The Bertz CT molecular complexity index is 1160. The lowest BCUT2D eigenvalue weighted by molar-refractivity contribution is -0.136. The van der Waals surface area contributed by atoms with E-state index in [9.17, 15) is 14.4 Å². The van der Waals surface area contributed by atoms with Crippen LogP contribution in [0.15, 0.2) is 48.5 Å². The van der Waals surface area contributed by atoms with Gasteiger partial charge in [-0.3, -0.25) is 14.5 Å². The normalized spacial score (nSPS) is 25.4. The Labute approximate surface area is 200 Å². The molecule has 2 heterocycles. The number of fused-ring (bicyclic) bond motifs is 1. The van der Waals surface area contributed by atoms with Gasteiger partial charge in [-0.05, 0) is 60.8 Å². The van der Waals surface area contributed by atoms with Crippen molar-refractivity contribution in [3.05, 3.63) is 54.1 Å². The van der Waals surface area contributed by atoms with Crippen molar-refractivity contribution < 1.29 is 14.4 Å². The number of rotatable bonds is 4. The quantitative estimate of drug-likeness (QED) is 0.661. The molecule has 34 heavy (non-hydrogen) atoms. The molecule has 3 aliphatic rings. The lowest BCUT2D eigenvalue weighted by atomic mass is 9.64. The highest BCUT2D eigenvalue weighted by Crippen LogP contribution is 2.46. The second kappa shape index (κ2) is 8.15. The number of urea groups is 1. The molecule has 2 atom stereocenters. The van der Waals surface area contributed by atoms with Gasteiger partial charge in [-0.1, -0.05) is 51.1 Å². The molecule has 178 valence electrons. The minimum Gasteiger partial charge on any atom is -0.339 e. The monoisotopic (exact) mass is 460 g/mol. The van der Waals surface area contributed by atoms with Crippen molar-refractivity contribution in [2.45, 2.75) is 52.0 Å². The summed E-state index contributed by atoms with van der Waals surface area (Å²) in [6.45, 7) is 6.91. The molecule has 2 fully saturated rings. The molecule has 2 aromatic rings. The number of para-hydroxylation sites is 3. The first-order valence-electron chi connectivity index (χ1n) is 12.1. The number of anilines is 3. The molecular formula is C27H32N4O3. The largest absolute Gasteiger partial charge is 0.339 e. The van der Waals surface area contributed by atoms with Gasteiger partial charge in [0.25, 0.3) is 5.91 Å². The Morgan fingerprint density at radius 2 is 1.76 bits per heavy atom. The highest BCUT2D eigenvalue weighted by Gasteiger charge is 2.56. The van der Waals surface area contributed by atoms with E-state index in [0.717, 1.165) is 35.7 Å². The summed E-state index contributed by atoms with van der Waals surface area (Å²) in [5.41, 5.74) is 3.02. The number of nitrogens with zero attached hydrogens (tertiary/aromatic N) is 2. The van der Waals surface area contributed by atoms with Gasteiger partial charge in [-0.15, -0.1) is 0 Å². The first-order chi connectivity index (χ1) is 16.2. The van der Waals surface area contributed by atoms with Crippen molar-refractivity contribution >= 4 is 34.9 Å². The summed E-state index contributed by atoms with van der Waals surface area (Å²) in [4.78, 5) is 42.5. The van der Waals surface area contributed by atoms with E-state index in [1.165, 1.54) is 5.56 Å². The maximum absolute atomic E-state index is 13.4. The van der Waals surface area contributed by atoms with Crippen molar-refractivity contribution in [3.8, 4) is 0 Å². The zero-order valence-electron chi connectivity index (χ0n) is 20.1. The molecule has 1 spiro atoms. The topological polar surface area (TPSA) is 81.8 Å². The van der Waals surface area contributed by atoms with Crippen molar-refractivity contribution in [3.63, 3.8) is 0 Å². The fourth-order valence-electron chi connectivity index (χ4n) is 6.39. The van der Waals surface area contributed by atoms with Crippen LogP contribution in [-0.2, 0) is 16.0 Å². The number of benzene rings is 2. The molecule has 1 saturated heterocycles. The lowest BCUT2D eigenvalue weighted by Gasteiger charge is -2.43. The first-order valence-corrected chi connectivity index (χ1v) is 12.1. The third-order valence-electron chi connectivity index (χ3n) is 7.28. The average molecular weight is 461 g/mol.